The Morgan fingerprint density at radius 3 is 2.26 bits per heavy atom. The minimum absolute atomic E-state index is 0.137. The van der Waals surface area contributed by atoms with Gasteiger partial charge < -0.3 is 23.7 Å². The molecule has 2 aliphatic rings. The van der Waals surface area contributed by atoms with Crippen LogP contribution < -0.4 is 23.7 Å². The Morgan fingerprint density at radius 1 is 0.853 bits per heavy atom. The predicted octanol–water partition coefficient (Wildman–Crippen LogP) is 4.77. The minimum Gasteiger partial charge on any atom is -0.496 e. The first-order valence-electron chi connectivity index (χ1n) is 10.7. The van der Waals surface area contributed by atoms with E-state index in [9.17, 15) is 9.59 Å². The molecule has 1 atom stereocenters. The molecule has 0 fully saturated rings. The van der Waals surface area contributed by atoms with E-state index in [0.717, 1.165) is 5.56 Å². The fourth-order valence-corrected chi connectivity index (χ4v) is 4.38. The van der Waals surface area contributed by atoms with E-state index in [1.165, 1.54) is 21.3 Å². The molecule has 2 aliphatic heterocycles. The van der Waals surface area contributed by atoms with Gasteiger partial charge >= 0.3 is 5.97 Å². The van der Waals surface area contributed by atoms with Crippen LogP contribution in [0.2, 0.25) is 0 Å². The molecule has 3 aromatic carbocycles. The summed E-state index contributed by atoms with van der Waals surface area (Å²) < 4.78 is 27.8. The number of esters is 1. The maximum absolute atomic E-state index is 13.3. The van der Waals surface area contributed by atoms with Gasteiger partial charge in [0.2, 0.25) is 5.78 Å². The number of carbonyl (C=O) groups is 2. The van der Waals surface area contributed by atoms with Gasteiger partial charge in [0.1, 0.15) is 17.2 Å². The van der Waals surface area contributed by atoms with Crippen molar-refractivity contribution in [3.05, 3.63) is 82.6 Å². The molecule has 0 unspecified atom stereocenters. The van der Waals surface area contributed by atoms with Gasteiger partial charge in [-0.1, -0.05) is 30.3 Å². The standard InChI is InChI=1S/C27H22O7/c1-30-20-14-22(32-3)21(31-2)11-16(20)12-23-26(29)17-9-10-19-25(27(17)34-23)18(13-24(28)33-19)15-7-5-4-6-8-15/h4-12,14,18H,13H2,1-3H3/b23-12-/t18-/m1/s1. The molecule has 0 amide bonds. The van der Waals surface area contributed by atoms with Crippen molar-refractivity contribution in [1.82, 2.24) is 0 Å². The van der Waals surface area contributed by atoms with Crippen molar-refractivity contribution in [3.63, 3.8) is 0 Å². The maximum Gasteiger partial charge on any atom is 0.312 e. The molecule has 0 saturated carbocycles. The van der Waals surface area contributed by atoms with E-state index >= 15 is 0 Å². The Balaban J connectivity index is 1.61. The van der Waals surface area contributed by atoms with Gasteiger partial charge in [-0.05, 0) is 29.8 Å². The van der Waals surface area contributed by atoms with Crippen LogP contribution in [-0.2, 0) is 4.79 Å². The Labute approximate surface area is 196 Å². The number of methoxy groups -OCH3 is 3. The first-order chi connectivity index (χ1) is 16.5. The smallest absolute Gasteiger partial charge is 0.312 e. The van der Waals surface area contributed by atoms with Crippen LogP contribution in [0.1, 0.15) is 39.4 Å². The summed E-state index contributed by atoms with van der Waals surface area (Å²) in [5, 5.41) is 0. The molecule has 3 aromatic rings. The first kappa shape index (κ1) is 21.6. The molecule has 7 nitrogen and oxygen atoms in total. The average molecular weight is 458 g/mol. The van der Waals surface area contributed by atoms with Gasteiger partial charge in [0.05, 0.1) is 33.3 Å². The van der Waals surface area contributed by atoms with Crippen LogP contribution in [0.25, 0.3) is 6.08 Å². The zero-order valence-electron chi connectivity index (χ0n) is 18.9. The second kappa shape index (κ2) is 8.59. The summed E-state index contributed by atoms with van der Waals surface area (Å²) in [6.45, 7) is 0. The molecule has 0 aromatic heterocycles. The number of rotatable bonds is 5. The van der Waals surface area contributed by atoms with Gasteiger partial charge in [-0.15, -0.1) is 0 Å². The summed E-state index contributed by atoms with van der Waals surface area (Å²) in [6, 6.07) is 16.3. The van der Waals surface area contributed by atoms with Crippen molar-refractivity contribution in [1.29, 1.82) is 0 Å². The van der Waals surface area contributed by atoms with Crippen molar-refractivity contribution < 1.29 is 33.3 Å². The average Bonchev–Trinajstić information content (AvgIpc) is 3.18. The number of hydrogen-bond acceptors (Lipinski definition) is 7. The number of allylic oxidation sites excluding steroid dienone is 1. The number of ketones is 1. The third-order valence-electron chi connectivity index (χ3n) is 6.00. The quantitative estimate of drug-likeness (QED) is 0.310. The number of fused-ring (bicyclic) bond motifs is 3. The fourth-order valence-electron chi connectivity index (χ4n) is 4.38. The zero-order chi connectivity index (χ0) is 23.8. The number of carbonyl (C=O) groups excluding carboxylic acids is 2. The highest BCUT2D eigenvalue weighted by Gasteiger charge is 2.38. The van der Waals surface area contributed by atoms with Gasteiger partial charge in [-0.3, -0.25) is 9.59 Å². The molecule has 34 heavy (non-hydrogen) atoms. The molecule has 0 bridgehead atoms. The van der Waals surface area contributed by atoms with Crippen LogP contribution in [0.15, 0.2) is 60.4 Å². The predicted molar refractivity (Wildman–Crippen MR) is 124 cm³/mol. The molecule has 0 N–H and O–H groups in total. The Morgan fingerprint density at radius 2 is 1.56 bits per heavy atom. The van der Waals surface area contributed by atoms with Crippen LogP contribution >= 0.6 is 0 Å². The van der Waals surface area contributed by atoms with E-state index in [4.69, 9.17) is 23.7 Å². The third-order valence-corrected chi connectivity index (χ3v) is 6.00. The van der Waals surface area contributed by atoms with Gasteiger partial charge in [0, 0.05) is 23.1 Å². The maximum atomic E-state index is 13.3. The molecule has 0 spiro atoms. The molecular formula is C27H22O7. The second-order valence-corrected chi connectivity index (χ2v) is 7.88. The molecular weight excluding hydrogens is 436 g/mol. The molecule has 7 heteroatoms. The zero-order valence-corrected chi connectivity index (χ0v) is 18.9. The van der Waals surface area contributed by atoms with E-state index in [1.54, 1.807) is 30.3 Å². The summed E-state index contributed by atoms with van der Waals surface area (Å²) >= 11 is 0. The van der Waals surface area contributed by atoms with Gasteiger partial charge in [0.25, 0.3) is 0 Å². The number of benzene rings is 3. The lowest BCUT2D eigenvalue weighted by atomic mass is 9.85. The van der Waals surface area contributed by atoms with E-state index in [2.05, 4.69) is 0 Å². The van der Waals surface area contributed by atoms with Crippen molar-refractivity contribution in [2.75, 3.05) is 21.3 Å². The Hall–Kier alpha value is -4.26. The van der Waals surface area contributed by atoms with E-state index in [0.29, 0.717) is 45.4 Å². The van der Waals surface area contributed by atoms with Gasteiger partial charge in [-0.2, -0.15) is 0 Å². The minimum atomic E-state index is -0.323. The Kier molecular flexibility index (Phi) is 5.45. The van der Waals surface area contributed by atoms with Crippen LogP contribution in [0.4, 0.5) is 0 Å². The van der Waals surface area contributed by atoms with Crippen LogP contribution in [-0.4, -0.2) is 33.1 Å². The topological polar surface area (TPSA) is 80.3 Å². The van der Waals surface area contributed by atoms with Crippen molar-refractivity contribution in [2.45, 2.75) is 12.3 Å². The van der Waals surface area contributed by atoms with Gasteiger partial charge in [-0.25, -0.2) is 0 Å². The van der Waals surface area contributed by atoms with Crippen LogP contribution in [0, 0.1) is 0 Å². The summed E-state index contributed by atoms with van der Waals surface area (Å²) in [7, 11) is 4.60. The van der Waals surface area contributed by atoms with Crippen molar-refractivity contribution in [3.8, 4) is 28.7 Å². The van der Waals surface area contributed by atoms with Crippen molar-refractivity contribution >= 4 is 17.8 Å². The normalized spacial score (nSPS) is 17.5. The molecule has 0 aliphatic carbocycles. The number of ether oxygens (including phenoxy) is 5. The SMILES string of the molecule is COc1cc(OC)c(OC)cc1/C=C1\Oc2c(ccc3c2[C@@H](c2ccccc2)CC(=O)O3)C1=O. The summed E-state index contributed by atoms with van der Waals surface area (Å²) in [5.74, 6) is 1.57. The Bertz CT molecular complexity index is 1320. The monoisotopic (exact) mass is 458 g/mol. The highest BCUT2D eigenvalue weighted by atomic mass is 16.5. The summed E-state index contributed by atoms with van der Waals surface area (Å²) in [5.41, 5.74) is 2.66. The number of Topliss-reactive ketones (excluding diaryl/α,β-unsaturated/α-hetero) is 1. The molecule has 0 radical (unpaired) electrons. The van der Waals surface area contributed by atoms with E-state index in [-0.39, 0.29) is 29.9 Å². The highest BCUT2D eigenvalue weighted by Crippen LogP contribution is 2.49. The molecule has 2 heterocycles. The van der Waals surface area contributed by atoms with E-state index in [1.807, 2.05) is 30.3 Å². The summed E-state index contributed by atoms with van der Waals surface area (Å²) in [6.07, 6.45) is 1.77. The molecule has 5 rings (SSSR count). The number of hydrogen-bond donors (Lipinski definition) is 0. The van der Waals surface area contributed by atoms with E-state index < -0.39 is 0 Å². The van der Waals surface area contributed by atoms with Crippen LogP contribution in [0.3, 0.4) is 0 Å². The molecule has 0 saturated heterocycles. The molecule has 172 valence electrons. The lowest BCUT2D eigenvalue weighted by Gasteiger charge is -2.26. The van der Waals surface area contributed by atoms with Gasteiger partial charge in [0.15, 0.2) is 17.3 Å². The lowest BCUT2D eigenvalue weighted by molar-refractivity contribution is -0.135. The second-order valence-electron chi connectivity index (χ2n) is 7.88. The third kappa shape index (κ3) is 3.55. The highest BCUT2D eigenvalue weighted by molar-refractivity contribution is 6.15. The van der Waals surface area contributed by atoms with Crippen molar-refractivity contribution in [2.24, 2.45) is 0 Å². The fraction of sp³-hybridized carbons (Fsp3) is 0.185. The first-order valence-corrected chi connectivity index (χ1v) is 10.7. The van der Waals surface area contributed by atoms with Crippen LogP contribution in [0.5, 0.6) is 28.7 Å². The largest absolute Gasteiger partial charge is 0.496 e. The lowest BCUT2D eigenvalue weighted by Crippen LogP contribution is -2.21. The summed E-state index contributed by atoms with van der Waals surface area (Å²) in [4.78, 5) is 25.6.